The first-order valence-corrected chi connectivity index (χ1v) is 4.78. The molecule has 0 fully saturated rings. The number of halogens is 2. The zero-order chi connectivity index (χ0) is 11.4. The van der Waals surface area contributed by atoms with Gasteiger partial charge in [-0.05, 0) is 24.6 Å². The van der Waals surface area contributed by atoms with Crippen molar-refractivity contribution in [3.05, 3.63) is 35.4 Å². The van der Waals surface area contributed by atoms with Crippen molar-refractivity contribution in [2.75, 3.05) is 0 Å². The van der Waals surface area contributed by atoms with Crippen molar-refractivity contribution in [2.45, 2.75) is 26.3 Å². The van der Waals surface area contributed by atoms with Crippen LogP contribution < -0.4 is 5.32 Å². The van der Waals surface area contributed by atoms with Gasteiger partial charge in [-0.15, -0.1) is 0 Å². The van der Waals surface area contributed by atoms with Gasteiger partial charge in [-0.2, -0.15) is 0 Å². The maximum Gasteiger partial charge on any atom is 0.220 e. The van der Waals surface area contributed by atoms with Gasteiger partial charge in [0.2, 0.25) is 5.91 Å². The molecule has 0 radical (unpaired) electrons. The maximum absolute atomic E-state index is 12.9. The van der Waals surface area contributed by atoms with Crippen LogP contribution in [0.15, 0.2) is 18.2 Å². The Morgan fingerprint density at radius 3 is 2.33 bits per heavy atom. The highest BCUT2D eigenvalue weighted by Crippen LogP contribution is 2.15. The molecule has 0 aromatic heterocycles. The van der Waals surface area contributed by atoms with Crippen molar-refractivity contribution >= 4 is 5.91 Å². The Morgan fingerprint density at radius 2 is 1.87 bits per heavy atom. The van der Waals surface area contributed by atoms with Crippen molar-refractivity contribution in [3.8, 4) is 0 Å². The zero-order valence-electron chi connectivity index (χ0n) is 8.68. The van der Waals surface area contributed by atoms with Crippen molar-refractivity contribution in [1.82, 2.24) is 5.32 Å². The molecule has 1 rings (SSSR count). The van der Waals surface area contributed by atoms with E-state index in [0.29, 0.717) is 12.0 Å². The van der Waals surface area contributed by atoms with E-state index in [-0.39, 0.29) is 11.9 Å². The van der Waals surface area contributed by atoms with E-state index in [1.54, 1.807) is 13.8 Å². The molecule has 0 saturated heterocycles. The first-order chi connectivity index (χ1) is 7.02. The van der Waals surface area contributed by atoms with E-state index in [1.807, 2.05) is 0 Å². The molecule has 1 unspecified atom stereocenters. The molecule has 4 heteroatoms. The monoisotopic (exact) mass is 213 g/mol. The predicted octanol–water partition coefficient (Wildman–Crippen LogP) is 2.55. The molecular formula is C11H13F2NO. The van der Waals surface area contributed by atoms with Gasteiger partial charge < -0.3 is 5.32 Å². The smallest absolute Gasteiger partial charge is 0.220 e. The summed E-state index contributed by atoms with van der Waals surface area (Å²) >= 11 is 0. The lowest BCUT2D eigenvalue weighted by atomic mass is 10.1. The first-order valence-electron chi connectivity index (χ1n) is 4.78. The second-order valence-electron chi connectivity index (χ2n) is 3.35. The summed E-state index contributed by atoms with van der Waals surface area (Å²) in [6.07, 6.45) is 0.349. The average molecular weight is 213 g/mol. The summed E-state index contributed by atoms with van der Waals surface area (Å²) in [5.41, 5.74) is 0.425. The lowest BCUT2D eigenvalue weighted by molar-refractivity contribution is -0.121. The molecule has 2 nitrogen and oxygen atoms in total. The molecule has 82 valence electrons. The number of amides is 1. The second-order valence-corrected chi connectivity index (χ2v) is 3.35. The zero-order valence-corrected chi connectivity index (χ0v) is 8.68. The van der Waals surface area contributed by atoms with Gasteiger partial charge in [0.05, 0.1) is 6.04 Å². The highest BCUT2D eigenvalue weighted by Gasteiger charge is 2.10. The molecule has 15 heavy (non-hydrogen) atoms. The van der Waals surface area contributed by atoms with E-state index < -0.39 is 11.6 Å². The molecule has 0 saturated carbocycles. The topological polar surface area (TPSA) is 29.1 Å². The van der Waals surface area contributed by atoms with Crippen molar-refractivity contribution in [1.29, 1.82) is 0 Å². The summed E-state index contributed by atoms with van der Waals surface area (Å²) in [7, 11) is 0. The van der Waals surface area contributed by atoms with Gasteiger partial charge in [-0.3, -0.25) is 4.79 Å². The first kappa shape index (κ1) is 11.6. The Labute approximate surface area is 87.3 Å². The molecule has 0 aliphatic heterocycles. The molecule has 1 aromatic carbocycles. The molecule has 0 bridgehead atoms. The van der Waals surface area contributed by atoms with Crippen LogP contribution in [0.25, 0.3) is 0 Å². The van der Waals surface area contributed by atoms with Gasteiger partial charge in [0.15, 0.2) is 0 Å². The maximum atomic E-state index is 12.9. The molecule has 1 aromatic rings. The highest BCUT2D eigenvalue weighted by molar-refractivity contribution is 5.75. The van der Waals surface area contributed by atoms with Crippen molar-refractivity contribution in [2.24, 2.45) is 0 Å². The van der Waals surface area contributed by atoms with Crippen LogP contribution >= 0.6 is 0 Å². The largest absolute Gasteiger partial charge is 0.350 e. The van der Waals surface area contributed by atoms with Crippen LogP contribution in [0.2, 0.25) is 0 Å². The SMILES string of the molecule is CCC(=O)NC(C)c1cc(F)cc(F)c1. The fraction of sp³-hybridized carbons (Fsp3) is 0.364. The quantitative estimate of drug-likeness (QED) is 0.821. The number of benzene rings is 1. The number of hydrogen-bond donors (Lipinski definition) is 1. The van der Waals surface area contributed by atoms with Gasteiger partial charge in [-0.25, -0.2) is 8.78 Å². The lowest BCUT2D eigenvalue weighted by Crippen LogP contribution is -2.25. The van der Waals surface area contributed by atoms with Crippen LogP contribution in [-0.4, -0.2) is 5.91 Å². The normalized spacial score (nSPS) is 12.3. The Bertz CT molecular complexity index is 345. The lowest BCUT2D eigenvalue weighted by Gasteiger charge is -2.13. The van der Waals surface area contributed by atoms with Crippen LogP contribution in [0.4, 0.5) is 8.78 Å². The number of rotatable bonds is 3. The Morgan fingerprint density at radius 1 is 1.33 bits per heavy atom. The fourth-order valence-corrected chi connectivity index (χ4v) is 1.25. The minimum absolute atomic E-state index is 0.146. The van der Waals surface area contributed by atoms with Crippen molar-refractivity contribution < 1.29 is 13.6 Å². The number of nitrogens with one attached hydrogen (secondary N) is 1. The fourth-order valence-electron chi connectivity index (χ4n) is 1.25. The second kappa shape index (κ2) is 4.87. The molecule has 1 atom stereocenters. The molecule has 0 spiro atoms. The molecule has 0 aliphatic rings. The van der Waals surface area contributed by atoms with Gasteiger partial charge in [0.1, 0.15) is 11.6 Å². The van der Waals surface area contributed by atoms with E-state index in [2.05, 4.69) is 5.32 Å². The van der Waals surface area contributed by atoms with E-state index >= 15 is 0 Å². The van der Waals surface area contributed by atoms with E-state index in [0.717, 1.165) is 6.07 Å². The minimum Gasteiger partial charge on any atom is -0.350 e. The summed E-state index contributed by atoms with van der Waals surface area (Å²) in [4.78, 5) is 11.1. The van der Waals surface area contributed by atoms with Gasteiger partial charge in [-0.1, -0.05) is 6.92 Å². The summed E-state index contributed by atoms with van der Waals surface area (Å²) < 4.78 is 25.7. The van der Waals surface area contributed by atoms with Crippen LogP contribution in [0.1, 0.15) is 31.9 Å². The number of carbonyl (C=O) groups is 1. The Hall–Kier alpha value is -1.45. The van der Waals surface area contributed by atoms with Crippen LogP contribution in [0.3, 0.4) is 0 Å². The van der Waals surface area contributed by atoms with Crippen molar-refractivity contribution in [3.63, 3.8) is 0 Å². The highest BCUT2D eigenvalue weighted by atomic mass is 19.1. The summed E-state index contributed by atoms with van der Waals surface area (Å²) in [6, 6.07) is 2.84. The Kier molecular flexibility index (Phi) is 3.77. The van der Waals surface area contributed by atoms with Crippen LogP contribution in [-0.2, 0) is 4.79 Å². The number of carbonyl (C=O) groups excluding carboxylic acids is 1. The third kappa shape index (κ3) is 3.31. The molecule has 1 N–H and O–H groups in total. The van der Waals surface area contributed by atoms with E-state index in [1.165, 1.54) is 12.1 Å². The molecular weight excluding hydrogens is 200 g/mol. The third-order valence-electron chi connectivity index (χ3n) is 2.08. The van der Waals surface area contributed by atoms with Gasteiger partial charge >= 0.3 is 0 Å². The van der Waals surface area contributed by atoms with Gasteiger partial charge in [0, 0.05) is 12.5 Å². The van der Waals surface area contributed by atoms with E-state index in [4.69, 9.17) is 0 Å². The van der Waals surface area contributed by atoms with Crippen LogP contribution in [0, 0.1) is 11.6 Å². The summed E-state index contributed by atoms with van der Waals surface area (Å²) in [5, 5.41) is 2.63. The molecule has 0 heterocycles. The summed E-state index contributed by atoms with van der Waals surface area (Å²) in [6.45, 7) is 3.40. The predicted molar refractivity (Wildman–Crippen MR) is 53.2 cm³/mol. The van der Waals surface area contributed by atoms with Gasteiger partial charge in [0.25, 0.3) is 0 Å². The molecule has 1 amide bonds. The third-order valence-corrected chi connectivity index (χ3v) is 2.08. The Balaban J connectivity index is 2.81. The van der Waals surface area contributed by atoms with Crippen LogP contribution in [0.5, 0.6) is 0 Å². The van der Waals surface area contributed by atoms with E-state index in [9.17, 15) is 13.6 Å². The summed E-state index contributed by atoms with van der Waals surface area (Å²) in [5.74, 6) is -1.42. The standard InChI is InChI=1S/C11H13F2NO/c1-3-11(15)14-7(2)8-4-9(12)6-10(13)5-8/h4-7H,3H2,1-2H3,(H,14,15). The number of hydrogen-bond acceptors (Lipinski definition) is 1. The minimum atomic E-state index is -0.636. The average Bonchev–Trinajstić information content (AvgIpc) is 2.16. The molecule has 0 aliphatic carbocycles.